The van der Waals surface area contributed by atoms with Crippen molar-refractivity contribution in [2.45, 2.75) is 0 Å². The maximum Gasteiger partial charge on any atom is 0.211 e. The van der Waals surface area contributed by atoms with Gasteiger partial charge in [0.1, 0.15) is 5.75 Å². The van der Waals surface area contributed by atoms with Gasteiger partial charge in [-0.1, -0.05) is 53.5 Å². The van der Waals surface area contributed by atoms with E-state index in [2.05, 4.69) is 22.0 Å². The van der Waals surface area contributed by atoms with Crippen LogP contribution in [0.5, 0.6) is 5.75 Å². The van der Waals surface area contributed by atoms with Gasteiger partial charge < -0.3 is 9.30 Å². The summed E-state index contributed by atoms with van der Waals surface area (Å²) in [6, 6.07) is 23.9. The molecule has 4 aromatic rings. The van der Waals surface area contributed by atoms with Crippen molar-refractivity contribution in [2.75, 3.05) is 7.11 Å². The van der Waals surface area contributed by atoms with Crippen LogP contribution in [0.25, 0.3) is 10.2 Å². The maximum absolute atomic E-state index is 5.29. The molecular weight excluding hydrogens is 378 g/mol. The minimum absolute atomic E-state index is 0.829. The average molecular weight is 398 g/mol. The van der Waals surface area contributed by atoms with Gasteiger partial charge in [-0.05, 0) is 48.0 Å². The van der Waals surface area contributed by atoms with Crippen LogP contribution in [0.3, 0.4) is 0 Å². The summed E-state index contributed by atoms with van der Waals surface area (Å²) >= 11 is 1.58. The smallest absolute Gasteiger partial charge is 0.211 e. The SMILES string of the molecule is COc1ccc2c(c1)s/c(=N\N=C\c1ccc(C#Cc3ccccc3)cc1)n2C. The van der Waals surface area contributed by atoms with Crippen molar-refractivity contribution in [3.63, 3.8) is 0 Å². The highest BCUT2D eigenvalue weighted by Gasteiger charge is 2.03. The fourth-order valence-corrected chi connectivity index (χ4v) is 3.81. The summed E-state index contributed by atoms with van der Waals surface area (Å²) in [5.41, 5.74) is 4.05. The third-order valence-electron chi connectivity index (χ3n) is 4.40. The van der Waals surface area contributed by atoms with Crippen molar-refractivity contribution >= 4 is 27.8 Å². The van der Waals surface area contributed by atoms with E-state index in [4.69, 9.17) is 4.74 Å². The van der Waals surface area contributed by atoms with Crippen molar-refractivity contribution in [2.24, 2.45) is 17.3 Å². The summed E-state index contributed by atoms with van der Waals surface area (Å²) in [7, 11) is 3.66. The molecule has 0 aliphatic carbocycles. The number of rotatable bonds is 3. The summed E-state index contributed by atoms with van der Waals surface area (Å²) in [5.74, 6) is 7.17. The molecule has 0 aliphatic heterocycles. The lowest BCUT2D eigenvalue weighted by molar-refractivity contribution is 0.415. The lowest BCUT2D eigenvalue weighted by Crippen LogP contribution is -2.08. The topological polar surface area (TPSA) is 38.9 Å². The number of methoxy groups -OCH3 is 1. The highest BCUT2D eigenvalue weighted by atomic mass is 32.1. The minimum atomic E-state index is 0.829. The monoisotopic (exact) mass is 397 g/mol. The zero-order chi connectivity index (χ0) is 20.1. The molecule has 0 N–H and O–H groups in total. The van der Waals surface area contributed by atoms with Gasteiger partial charge in [-0.2, -0.15) is 5.10 Å². The Hall–Kier alpha value is -3.62. The van der Waals surface area contributed by atoms with E-state index < -0.39 is 0 Å². The molecule has 0 atom stereocenters. The van der Waals surface area contributed by atoms with Gasteiger partial charge in [-0.15, -0.1) is 5.10 Å². The zero-order valence-corrected chi connectivity index (χ0v) is 17.0. The number of hydrogen-bond donors (Lipinski definition) is 0. The number of aromatic nitrogens is 1. The molecule has 0 spiro atoms. The number of aryl methyl sites for hydroxylation is 1. The molecule has 0 saturated heterocycles. The molecule has 0 bridgehead atoms. The number of nitrogens with zero attached hydrogens (tertiary/aromatic N) is 3. The van der Waals surface area contributed by atoms with Gasteiger partial charge in [0.15, 0.2) is 0 Å². The Bertz CT molecular complexity index is 1290. The van der Waals surface area contributed by atoms with Crippen molar-refractivity contribution in [1.82, 2.24) is 4.57 Å². The molecule has 0 fully saturated rings. The predicted molar refractivity (Wildman–Crippen MR) is 119 cm³/mol. The summed E-state index contributed by atoms with van der Waals surface area (Å²) in [4.78, 5) is 0.829. The minimum Gasteiger partial charge on any atom is -0.497 e. The third kappa shape index (κ3) is 4.45. The van der Waals surface area contributed by atoms with Crippen LogP contribution in [0, 0.1) is 11.8 Å². The van der Waals surface area contributed by atoms with Crippen LogP contribution in [0.2, 0.25) is 0 Å². The number of hydrogen-bond acceptors (Lipinski definition) is 4. The Morgan fingerprint density at radius 2 is 1.66 bits per heavy atom. The summed E-state index contributed by atoms with van der Waals surface area (Å²) < 4.78 is 8.43. The fraction of sp³-hybridized carbons (Fsp3) is 0.0833. The van der Waals surface area contributed by atoms with Gasteiger partial charge in [0, 0.05) is 18.2 Å². The lowest BCUT2D eigenvalue weighted by Gasteiger charge is -1.99. The summed E-state index contributed by atoms with van der Waals surface area (Å²) in [5, 5.41) is 8.63. The van der Waals surface area contributed by atoms with Crippen LogP contribution in [0.4, 0.5) is 0 Å². The van der Waals surface area contributed by atoms with E-state index >= 15 is 0 Å². The molecule has 0 aliphatic rings. The van der Waals surface area contributed by atoms with E-state index in [9.17, 15) is 0 Å². The quantitative estimate of drug-likeness (QED) is 0.283. The molecule has 4 rings (SSSR count). The first kappa shape index (κ1) is 18.7. The molecule has 5 heteroatoms. The van der Waals surface area contributed by atoms with E-state index in [1.54, 1.807) is 24.7 Å². The zero-order valence-electron chi connectivity index (χ0n) is 16.2. The van der Waals surface area contributed by atoms with E-state index in [1.807, 2.05) is 84.4 Å². The Balaban J connectivity index is 1.52. The molecule has 1 aromatic heterocycles. The normalized spacial score (nSPS) is 11.6. The van der Waals surface area contributed by atoms with E-state index in [-0.39, 0.29) is 0 Å². The van der Waals surface area contributed by atoms with Crippen LogP contribution >= 0.6 is 11.3 Å². The molecule has 4 nitrogen and oxygen atoms in total. The van der Waals surface area contributed by atoms with Crippen molar-refractivity contribution in [3.05, 3.63) is 94.3 Å². The standard InChI is InChI=1S/C24H19N3OS/c1-27-22-15-14-21(28-2)16-23(22)29-24(27)26-25-17-20-12-10-19(11-13-20)9-8-18-6-4-3-5-7-18/h3-7,10-17H,1-2H3/b25-17+,26-24-. The molecule has 29 heavy (non-hydrogen) atoms. The Kier molecular flexibility index (Phi) is 5.55. The average Bonchev–Trinajstić information content (AvgIpc) is 3.08. The Morgan fingerprint density at radius 3 is 2.38 bits per heavy atom. The summed E-state index contributed by atoms with van der Waals surface area (Å²) in [6.07, 6.45) is 1.75. The van der Waals surface area contributed by atoms with Crippen molar-refractivity contribution in [3.8, 4) is 17.6 Å². The van der Waals surface area contributed by atoms with Crippen molar-refractivity contribution in [1.29, 1.82) is 0 Å². The second kappa shape index (κ2) is 8.59. The van der Waals surface area contributed by atoms with Crippen LogP contribution in [0.1, 0.15) is 16.7 Å². The van der Waals surface area contributed by atoms with E-state index in [0.717, 1.165) is 37.5 Å². The van der Waals surface area contributed by atoms with E-state index in [0.29, 0.717) is 0 Å². The van der Waals surface area contributed by atoms with Crippen LogP contribution in [-0.4, -0.2) is 17.9 Å². The second-order valence-corrected chi connectivity index (χ2v) is 7.37. The second-order valence-electron chi connectivity index (χ2n) is 6.36. The summed E-state index contributed by atoms with van der Waals surface area (Å²) in [6.45, 7) is 0. The predicted octanol–water partition coefficient (Wildman–Crippen LogP) is 4.58. The van der Waals surface area contributed by atoms with Gasteiger partial charge in [-0.25, -0.2) is 0 Å². The maximum atomic E-state index is 5.29. The third-order valence-corrected chi connectivity index (χ3v) is 5.49. The van der Waals surface area contributed by atoms with Gasteiger partial charge in [0.25, 0.3) is 0 Å². The Labute approximate surface area is 173 Å². The molecular formula is C24H19N3OS. The largest absolute Gasteiger partial charge is 0.497 e. The first-order valence-electron chi connectivity index (χ1n) is 9.11. The number of ether oxygens (including phenoxy) is 1. The molecule has 1 heterocycles. The van der Waals surface area contributed by atoms with Gasteiger partial charge in [-0.3, -0.25) is 0 Å². The first-order valence-corrected chi connectivity index (χ1v) is 9.92. The molecule has 0 amide bonds. The Morgan fingerprint density at radius 1 is 0.931 bits per heavy atom. The fourth-order valence-electron chi connectivity index (χ4n) is 2.80. The van der Waals surface area contributed by atoms with E-state index in [1.165, 1.54) is 0 Å². The number of benzene rings is 3. The highest BCUT2D eigenvalue weighted by Crippen LogP contribution is 2.22. The molecule has 0 radical (unpaired) electrons. The van der Waals surface area contributed by atoms with Crippen LogP contribution in [-0.2, 0) is 7.05 Å². The number of thiazole rings is 1. The lowest BCUT2D eigenvalue weighted by atomic mass is 10.1. The van der Waals surface area contributed by atoms with Gasteiger partial charge >= 0.3 is 0 Å². The molecule has 0 unspecified atom stereocenters. The van der Waals surface area contributed by atoms with Crippen LogP contribution < -0.4 is 9.54 Å². The highest BCUT2D eigenvalue weighted by molar-refractivity contribution is 7.16. The molecule has 0 saturated carbocycles. The van der Waals surface area contributed by atoms with Crippen LogP contribution in [0.15, 0.2) is 83.0 Å². The number of fused-ring (bicyclic) bond motifs is 1. The molecule has 142 valence electrons. The van der Waals surface area contributed by atoms with Crippen molar-refractivity contribution < 1.29 is 4.74 Å². The van der Waals surface area contributed by atoms with Gasteiger partial charge in [0.2, 0.25) is 4.80 Å². The first-order chi connectivity index (χ1) is 14.2. The molecule has 3 aromatic carbocycles. The van der Waals surface area contributed by atoms with Gasteiger partial charge in [0.05, 0.1) is 23.5 Å².